The van der Waals surface area contributed by atoms with Crippen LogP contribution < -0.4 is 10.1 Å². The standard InChI is InChI=1S/C17H20ClNO3/c1-11-4-5-14(10-12(11)2)21-9-8-19-17(20)16-7-6-15(22-16)13(3)18/h4-7,10,13H,8-9H2,1-3H3,(H,19,20). The Morgan fingerprint density at radius 1 is 1.27 bits per heavy atom. The molecule has 0 aliphatic heterocycles. The summed E-state index contributed by atoms with van der Waals surface area (Å²) in [4.78, 5) is 11.9. The molecule has 0 saturated heterocycles. The van der Waals surface area contributed by atoms with E-state index in [9.17, 15) is 4.79 Å². The Morgan fingerprint density at radius 3 is 2.68 bits per heavy atom. The quantitative estimate of drug-likeness (QED) is 0.646. The highest BCUT2D eigenvalue weighted by Crippen LogP contribution is 2.21. The zero-order valence-electron chi connectivity index (χ0n) is 13.0. The summed E-state index contributed by atoms with van der Waals surface area (Å²) in [5.41, 5.74) is 2.41. The van der Waals surface area contributed by atoms with Crippen LogP contribution in [0.2, 0.25) is 0 Å². The number of aryl methyl sites for hydroxylation is 2. The normalized spacial score (nSPS) is 12.0. The fraction of sp³-hybridized carbons (Fsp3) is 0.353. The Morgan fingerprint density at radius 2 is 2.05 bits per heavy atom. The number of benzene rings is 1. The van der Waals surface area contributed by atoms with Gasteiger partial charge in [0.05, 0.1) is 11.9 Å². The third-order valence-corrected chi connectivity index (χ3v) is 3.59. The van der Waals surface area contributed by atoms with Gasteiger partial charge in [-0.15, -0.1) is 11.6 Å². The molecule has 0 spiro atoms. The lowest BCUT2D eigenvalue weighted by atomic mass is 10.1. The topological polar surface area (TPSA) is 51.5 Å². The molecule has 0 fully saturated rings. The van der Waals surface area contributed by atoms with Crippen LogP contribution in [0.5, 0.6) is 5.75 Å². The first kappa shape index (κ1) is 16.4. The minimum absolute atomic E-state index is 0.255. The van der Waals surface area contributed by atoms with Crippen LogP contribution in [-0.4, -0.2) is 19.1 Å². The van der Waals surface area contributed by atoms with Crippen LogP contribution in [0.25, 0.3) is 0 Å². The molecule has 1 amide bonds. The molecule has 2 aromatic rings. The molecule has 0 bridgehead atoms. The molecule has 1 unspecified atom stereocenters. The summed E-state index contributed by atoms with van der Waals surface area (Å²) in [6.07, 6.45) is 0. The smallest absolute Gasteiger partial charge is 0.287 e. The molecule has 1 atom stereocenters. The van der Waals surface area contributed by atoms with Crippen LogP contribution in [0.3, 0.4) is 0 Å². The van der Waals surface area contributed by atoms with E-state index in [0.717, 1.165) is 5.75 Å². The number of carbonyl (C=O) groups excluding carboxylic acids is 1. The second kappa shape index (κ2) is 7.36. The Labute approximate surface area is 135 Å². The summed E-state index contributed by atoms with van der Waals surface area (Å²) in [5, 5.41) is 2.49. The first-order chi connectivity index (χ1) is 10.5. The van der Waals surface area contributed by atoms with E-state index >= 15 is 0 Å². The number of nitrogens with one attached hydrogen (secondary N) is 1. The molecule has 0 aliphatic rings. The van der Waals surface area contributed by atoms with E-state index in [1.807, 2.05) is 25.1 Å². The molecule has 5 heteroatoms. The fourth-order valence-corrected chi connectivity index (χ4v) is 2.03. The van der Waals surface area contributed by atoms with Gasteiger partial charge in [-0.25, -0.2) is 0 Å². The maximum Gasteiger partial charge on any atom is 0.287 e. The number of rotatable bonds is 6. The van der Waals surface area contributed by atoms with Crippen molar-refractivity contribution in [2.75, 3.05) is 13.2 Å². The number of alkyl halides is 1. The van der Waals surface area contributed by atoms with Gasteiger partial charge in [0.1, 0.15) is 18.1 Å². The Balaban J connectivity index is 1.78. The van der Waals surface area contributed by atoms with Gasteiger partial charge in [-0.1, -0.05) is 6.07 Å². The van der Waals surface area contributed by atoms with Crippen molar-refractivity contribution < 1.29 is 13.9 Å². The number of furan rings is 1. The maximum absolute atomic E-state index is 11.9. The molecule has 1 N–H and O–H groups in total. The van der Waals surface area contributed by atoms with Gasteiger partial charge in [-0.2, -0.15) is 0 Å². The summed E-state index contributed by atoms with van der Waals surface area (Å²) >= 11 is 5.89. The van der Waals surface area contributed by atoms with Gasteiger partial charge < -0.3 is 14.5 Å². The summed E-state index contributed by atoms with van der Waals surface area (Å²) in [7, 11) is 0. The van der Waals surface area contributed by atoms with Gasteiger partial charge in [-0.05, 0) is 56.2 Å². The molecule has 1 aromatic carbocycles. The molecule has 0 aliphatic carbocycles. The molecule has 118 valence electrons. The van der Waals surface area contributed by atoms with Gasteiger partial charge in [-0.3, -0.25) is 4.79 Å². The van der Waals surface area contributed by atoms with E-state index in [1.54, 1.807) is 19.1 Å². The average molecular weight is 322 g/mol. The zero-order chi connectivity index (χ0) is 16.1. The molecule has 0 saturated carbocycles. The van der Waals surface area contributed by atoms with Crippen molar-refractivity contribution in [3.05, 3.63) is 53.0 Å². The van der Waals surface area contributed by atoms with Gasteiger partial charge in [0.25, 0.3) is 5.91 Å². The van der Waals surface area contributed by atoms with E-state index < -0.39 is 0 Å². The van der Waals surface area contributed by atoms with E-state index in [2.05, 4.69) is 12.2 Å². The third-order valence-electron chi connectivity index (χ3n) is 3.38. The van der Waals surface area contributed by atoms with E-state index in [0.29, 0.717) is 18.9 Å². The van der Waals surface area contributed by atoms with Crippen LogP contribution in [0, 0.1) is 13.8 Å². The molecule has 2 rings (SSSR count). The number of hydrogen-bond acceptors (Lipinski definition) is 3. The highest BCUT2D eigenvalue weighted by atomic mass is 35.5. The molecular formula is C17H20ClNO3. The van der Waals surface area contributed by atoms with Crippen molar-refractivity contribution >= 4 is 17.5 Å². The van der Waals surface area contributed by atoms with Crippen molar-refractivity contribution in [2.45, 2.75) is 26.1 Å². The lowest BCUT2D eigenvalue weighted by molar-refractivity contribution is 0.0917. The first-order valence-electron chi connectivity index (χ1n) is 7.19. The van der Waals surface area contributed by atoms with Crippen molar-refractivity contribution in [2.24, 2.45) is 0 Å². The zero-order valence-corrected chi connectivity index (χ0v) is 13.7. The predicted octanol–water partition coefficient (Wildman–Crippen LogP) is 4.01. The summed E-state index contributed by atoms with van der Waals surface area (Å²) < 4.78 is 11.0. The third kappa shape index (κ3) is 4.28. The average Bonchev–Trinajstić information content (AvgIpc) is 2.97. The van der Waals surface area contributed by atoms with E-state index in [4.69, 9.17) is 20.8 Å². The Kier molecular flexibility index (Phi) is 5.50. The second-order valence-corrected chi connectivity index (χ2v) is 5.82. The van der Waals surface area contributed by atoms with Crippen LogP contribution in [0.4, 0.5) is 0 Å². The van der Waals surface area contributed by atoms with Gasteiger partial charge in [0.2, 0.25) is 0 Å². The fourth-order valence-electron chi connectivity index (χ4n) is 1.91. The van der Waals surface area contributed by atoms with Gasteiger partial charge in [0.15, 0.2) is 5.76 Å². The van der Waals surface area contributed by atoms with E-state index in [1.165, 1.54) is 11.1 Å². The summed E-state index contributed by atoms with van der Waals surface area (Å²) in [6.45, 7) is 6.68. The van der Waals surface area contributed by atoms with E-state index in [-0.39, 0.29) is 17.0 Å². The molecule has 4 nitrogen and oxygen atoms in total. The van der Waals surface area contributed by atoms with Crippen LogP contribution in [0.15, 0.2) is 34.7 Å². The number of amides is 1. The Bertz CT molecular complexity index is 649. The molecule has 22 heavy (non-hydrogen) atoms. The van der Waals surface area contributed by atoms with Crippen molar-refractivity contribution in [3.8, 4) is 5.75 Å². The number of hydrogen-bond donors (Lipinski definition) is 1. The minimum Gasteiger partial charge on any atom is -0.492 e. The number of carbonyl (C=O) groups is 1. The van der Waals surface area contributed by atoms with Crippen molar-refractivity contribution in [3.63, 3.8) is 0 Å². The lowest BCUT2D eigenvalue weighted by Crippen LogP contribution is -2.27. The van der Waals surface area contributed by atoms with Gasteiger partial charge >= 0.3 is 0 Å². The molecule has 1 heterocycles. The SMILES string of the molecule is Cc1ccc(OCCNC(=O)c2ccc(C(C)Cl)o2)cc1C. The van der Waals surface area contributed by atoms with Crippen molar-refractivity contribution in [1.82, 2.24) is 5.32 Å². The van der Waals surface area contributed by atoms with Crippen LogP contribution in [-0.2, 0) is 0 Å². The largest absolute Gasteiger partial charge is 0.492 e. The summed E-state index contributed by atoms with van der Waals surface area (Å²) in [6, 6.07) is 9.25. The van der Waals surface area contributed by atoms with Crippen LogP contribution >= 0.6 is 11.6 Å². The predicted molar refractivity (Wildman–Crippen MR) is 86.7 cm³/mol. The molecule has 1 aromatic heterocycles. The Hall–Kier alpha value is -1.94. The highest BCUT2D eigenvalue weighted by Gasteiger charge is 2.13. The van der Waals surface area contributed by atoms with Gasteiger partial charge in [0, 0.05) is 0 Å². The number of halogens is 1. The monoisotopic (exact) mass is 321 g/mol. The second-order valence-electron chi connectivity index (χ2n) is 5.17. The molecular weight excluding hydrogens is 302 g/mol. The van der Waals surface area contributed by atoms with Crippen molar-refractivity contribution in [1.29, 1.82) is 0 Å². The molecule has 0 radical (unpaired) electrons. The maximum atomic E-state index is 11.9. The number of ether oxygens (including phenoxy) is 1. The summed E-state index contributed by atoms with van der Waals surface area (Å²) in [5.74, 6) is 1.37. The highest BCUT2D eigenvalue weighted by molar-refractivity contribution is 6.20. The minimum atomic E-state index is -0.271. The first-order valence-corrected chi connectivity index (χ1v) is 7.63. The lowest BCUT2D eigenvalue weighted by Gasteiger charge is -2.08. The van der Waals surface area contributed by atoms with Crippen LogP contribution in [0.1, 0.15) is 39.7 Å².